The van der Waals surface area contributed by atoms with Gasteiger partial charge in [-0.15, -0.1) is 0 Å². The lowest BCUT2D eigenvalue weighted by atomic mass is 10.2. The molecule has 1 heterocycles. The summed E-state index contributed by atoms with van der Waals surface area (Å²) in [6.45, 7) is 0. The van der Waals surface area contributed by atoms with Crippen LogP contribution in [0.4, 0.5) is 0 Å². The number of para-hydroxylation sites is 1. The van der Waals surface area contributed by atoms with Crippen molar-refractivity contribution < 1.29 is 0 Å². The summed E-state index contributed by atoms with van der Waals surface area (Å²) in [5, 5.41) is 8.44. The highest BCUT2D eigenvalue weighted by molar-refractivity contribution is 7.78. The topological polar surface area (TPSA) is 49.6 Å². The molecular weight excluding hydrogens is 182 g/mol. The van der Waals surface area contributed by atoms with Crippen molar-refractivity contribution in [1.29, 1.82) is 5.41 Å². The zero-order valence-electron chi connectivity index (χ0n) is 6.77. The minimum absolute atomic E-state index is 0.998. The maximum absolute atomic E-state index is 5.77. The van der Waals surface area contributed by atoms with Gasteiger partial charge in [-0.1, -0.05) is 18.2 Å². The first kappa shape index (κ1) is 9.45. The molecule has 0 aliphatic carbocycles. The molecule has 2 rings (SSSR count). The number of isothiocyanates is 1. The van der Waals surface area contributed by atoms with Gasteiger partial charge in [0.1, 0.15) is 6.33 Å². The number of rotatable bonds is 0. The summed E-state index contributed by atoms with van der Waals surface area (Å²) in [5.74, 6) is 0. The number of nitrogens with zero attached hydrogens (tertiary/aromatic N) is 2. The van der Waals surface area contributed by atoms with Gasteiger partial charge in [0, 0.05) is 11.6 Å². The first-order valence-corrected chi connectivity index (χ1v) is 3.98. The molecule has 3 nitrogen and oxygen atoms in total. The van der Waals surface area contributed by atoms with E-state index in [1.165, 1.54) is 0 Å². The van der Waals surface area contributed by atoms with Crippen LogP contribution in [0.25, 0.3) is 10.9 Å². The molecule has 0 radical (unpaired) electrons. The van der Waals surface area contributed by atoms with Gasteiger partial charge in [0.15, 0.2) is 0 Å². The Morgan fingerprint density at radius 3 is 2.69 bits per heavy atom. The summed E-state index contributed by atoms with van der Waals surface area (Å²) >= 11 is 3.81. The van der Waals surface area contributed by atoms with E-state index in [-0.39, 0.29) is 0 Å². The molecule has 0 unspecified atom stereocenters. The molecular formula is C9H7N3S. The monoisotopic (exact) mass is 189 g/mol. The maximum Gasteiger partial charge on any atom is 0.116 e. The number of aromatic nitrogens is 2. The predicted molar refractivity (Wildman–Crippen MR) is 54.9 cm³/mol. The van der Waals surface area contributed by atoms with Gasteiger partial charge in [-0.2, -0.15) is 0 Å². The normalized spacial score (nSPS) is 8.31. The summed E-state index contributed by atoms with van der Waals surface area (Å²) in [6.07, 6.45) is 3.37. The van der Waals surface area contributed by atoms with E-state index in [2.05, 4.69) is 22.2 Å². The average molecular weight is 189 g/mol. The van der Waals surface area contributed by atoms with Crippen LogP contribution in [-0.4, -0.2) is 15.1 Å². The molecule has 0 saturated heterocycles. The lowest BCUT2D eigenvalue weighted by Gasteiger charge is -1.90. The van der Waals surface area contributed by atoms with Crippen LogP contribution in [0.3, 0.4) is 0 Å². The van der Waals surface area contributed by atoms with E-state index in [0.29, 0.717) is 0 Å². The molecule has 0 bridgehead atoms. The minimum atomic E-state index is 0.998. The van der Waals surface area contributed by atoms with Crippen LogP contribution in [0.15, 0.2) is 36.8 Å². The summed E-state index contributed by atoms with van der Waals surface area (Å²) in [7, 11) is 0. The lowest BCUT2D eigenvalue weighted by Crippen LogP contribution is -1.77. The summed E-state index contributed by atoms with van der Waals surface area (Å²) in [6, 6.07) is 7.91. The van der Waals surface area contributed by atoms with Crippen LogP contribution in [0.1, 0.15) is 0 Å². The van der Waals surface area contributed by atoms with E-state index in [1.54, 1.807) is 11.5 Å². The second-order valence-corrected chi connectivity index (χ2v) is 2.39. The largest absolute Gasteiger partial charge is 0.248 e. The van der Waals surface area contributed by atoms with Crippen molar-refractivity contribution in [3.05, 3.63) is 36.8 Å². The lowest BCUT2D eigenvalue weighted by molar-refractivity contribution is 1.22. The van der Waals surface area contributed by atoms with Gasteiger partial charge in [-0.25, -0.2) is 15.4 Å². The van der Waals surface area contributed by atoms with Crippen molar-refractivity contribution >= 4 is 28.3 Å². The molecule has 13 heavy (non-hydrogen) atoms. The van der Waals surface area contributed by atoms with Crippen LogP contribution >= 0.6 is 12.2 Å². The van der Waals surface area contributed by atoms with E-state index < -0.39 is 0 Å². The Bertz CT molecular complexity index is 356. The Morgan fingerprint density at radius 2 is 2.00 bits per heavy atom. The zero-order valence-corrected chi connectivity index (χ0v) is 7.58. The number of nitrogens with one attached hydrogen (secondary N) is 1. The number of thiocarbonyl (C=S) groups is 1. The number of fused-ring (bicyclic) bond motifs is 1. The van der Waals surface area contributed by atoms with Gasteiger partial charge in [0.2, 0.25) is 0 Å². The van der Waals surface area contributed by atoms with Crippen LogP contribution in [0, 0.1) is 5.41 Å². The second-order valence-electron chi connectivity index (χ2n) is 2.18. The van der Waals surface area contributed by atoms with Crippen LogP contribution in [0.5, 0.6) is 0 Å². The number of hydrogen-bond donors (Lipinski definition) is 1. The summed E-state index contributed by atoms with van der Waals surface area (Å²) in [4.78, 5) is 7.97. The van der Waals surface area contributed by atoms with Crippen LogP contribution < -0.4 is 0 Å². The molecule has 0 aliphatic heterocycles. The molecule has 1 N–H and O–H groups in total. The molecule has 0 atom stereocenters. The van der Waals surface area contributed by atoms with Gasteiger partial charge in [-0.05, 0) is 18.3 Å². The number of benzene rings is 1. The Hall–Kier alpha value is -1.64. The van der Waals surface area contributed by atoms with Crippen LogP contribution in [-0.2, 0) is 0 Å². The van der Waals surface area contributed by atoms with Gasteiger partial charge in [-0.3, -0.25) is 0 Å². The second kappa shape index (κ2) is 5.09. The minimum Gasteiger partial charge on any atom is -0.248 e. The molecule has 0 saturated carbocycles. The van der Waals surface area contributed by atoms with E-state index in [4.69, 9.17) is 5.41 Å². The van der Waals surface area contributed by atoms with Crippen LogP contribution in [0.2, 0.25) is 0 Å². The first-order chi connectivity index (χ1) is 6.38. The zero-order chi connectivity index (χ0) is 9.52. The highest BCUT2D eigenvalue weighted by Crippen LogP contribution is 2.06. The van der Waals surface area contributed by atoms with Gasteiger partial charge >= 0.3 is 0 Å². The van der Waals surface area contributed by atoms with Crippen molar-refractivity contribution in [1.82, 2.24) is 9.97 Å². The predicted octanol–water partition coefficient (Wildman–Crippen LogP) is 2.30. The SMILES string of the molecule is N=C=S.c1ccc2ncncc2c1. The van der Waals surface area contributed by atoms with Gasteiger partial charge in [0.05, 0.1) is 10.7 Å². The molecule has 64 valence electrons. The fourth-order valence-corrected chi connectivity index (χ4v) is 0.923. The molecule has 0 amide bonds. The molecule has 0 spiro atoms. The summed E-state index contributed by atoms with van der Waals surface area (Å²) in [5.41, 5.74) is 0.998. The van der Waals surface area contributed by atoms with Crippen molar-refractivity contribution in [3.63, 3.8) is 0 Å². The fraction of sp³-hybridized carbons (Fsp3) is 0. The Kier molecular flexibility index (Phi) is 3.70. The highest BCUT2D eigenvalue weighted by Gasteiger charge is 1.87. The van der Waals surface area contributed by atoms with E-state index in [1.807, 2.05) is 30.5 Å². The molecule has 1 aromatic heterocycles. The average Bonchev–Trinajstić information content (AvgIpc) is 2.19. The Balaban J connectivity index is 0.000000251. The summed E-state index contributed by atoms with van der Waals surface area (Å²) < 4.78 is 0. The quantitative estimate of drug-likeness (QED) is 0.511. The molecule has 0 fully saturated rings. The van der Waals surface area contributed by atoms with Crippen molar-refractivity contribution in [3.8, 4) is 0 Å². The van der Waals surface area contributed by atoms with E-state index in [9.17, 15) is 0 Å². The first-order valence-electron chi connectivity index (χ1n) is 3.57. The molecule has 4 heteroatoms. The molecule has 2 aromatic rings. The van der Waals surface area contributed by atoms with Crippen molar-refractivity contribution in [2.24, 2.45) is 0 Å². The van der Waals surface area contributed by atoms with Gasteiger partial charge in [0.25, 0.3) is 0 Å². The highest BCUT2D eigenvalue weighted by atomic mass is 32.1. The third-order valence-corrected chi connectivity index (χ3v) is 1.41. The smallest absolute Gasteiger partial charge is 0.116 e. The fourth-order valence-electron chi connectivity index (χ4n) is 0.923. The van der Waals surface area contributed by atoms with E-state index in [0.717, 1.165) is 10.9 Å². The Labute approximate surface area is 81.0 Å². The van der Waals surface area contributed by atoms with E-state index >= 15 is 0 Å². The maximum atomic E-state index is 5.77. The third-order valence-electron chi connectivity index (χ3n) is 1.41. The van der Waals surface area contributed by atoms with Gasteiger partial charge < -0.3 is 0 Å². The standard InChI is InChI=1S/C8H6N2.CHNS/c1-2-4-8-7(3-1)5-9-6-10-8;2-1-3/h1-6H;2H. The third kappa shape index (κ3) is 2.71. The molecule has 0 aliphatic rings. The Morgan fingerprint density at radius 1 is 1.31 bits per heavy atom. The van der Waals surface area contributed by atoms with Crippen molar-refractivity contribution in [2.45, 2.75) is 0 Å². The van der Waals surface area contributed by atoms with Crippen molar-refractivity contribution in [2.75, 3.05) is 0 Å². The number of hydrogen-bond acceptors (Lipinski definition) is 4. The molecule has 1 aromatic carbocycles.